The molecule has 0 amide bonds. The minimum atomic E-state index is -0.277. The van der Waals surface area contributed by atoms with Crippen molar-refractivity contribution in [2.24, 2.45) is 7.05 Å². The lowest BCUT2D eigenvalue weighted by Gasteiger charge is -2.05. The minimum absolute atomic E-state index is 0.277. The second kappa shape index (κ2) is 7.96. The summed E-state index contributed by atoms with van der Waals surface area (Å²) in [5.74, 6) is -0.277. The van der Waals surface area contributed by atoms with Crippen LogP contribution in [0.3, 0.4) is 0 Å². The largest absolute Gasteiger partial charge is 0.308 e. The Bertz CT molecular complexity index is 1080. The summed E-state index contributed by atoms with van der Waals surface area (Å²) in [6, 6.07) is 13.9. The molecular formula is C21H19ClFN5. The molecule has 4 rings (SSSR count). The van der Waals surface area contributed by atoms with Crippen LogP contribution in [-0.2, 0) is 20.1 Å². The average Bonchev–Trinajstić information content (AvgIpc) is 3.29. The van der Waals surface area contributed by atoms with E-state index in [2.05, 4.69) is 10.4 Å². The Morgan fingerprint density at radius 1 is 1.04 bits per heavy atom. The molecule has 0 bridgehead atoms. The van der Waals surface area contributed by atoms with E-state index in [1.165, 1.54) is 12.1 Å². The van der Waals surface area contributed by atoms with Gasteiger partial charge in [0.15, 0.2) is 0 Å². The van der Waals surface area contributed by atoms with Crippen LogP contribution in [0.2, 0.25) is 5.02 Å². The SMILES string of the molecule is Cn1cc(CNCc2cn(-c3ccc(F)cc3)nc2-c2ccccc2Cl)cn1. The molecule has 0 saturated carbocycles. The molecule has 4 aromatic rings. The first kappa shape index (κ1) is 18.4. The Morgan fingerprint density at radius 2 is 1.82 bits per heavy atom. The lowest BCUT2D eigenvalue weighted by Crippen LogP contribution is -2.12. The molecule has 1 N–H and O–H groups in total. The van der Waals surface area contributed by atoms with E-state index < -0.39 is 0 Å². The fraction of sp³-hybridized carbons (Fsp3) is 0.143. The molecule has 0 spiro atoms. The van der Waals surface area contributed by atoms with Crippen LogP contribution >= 0.6 is 11.6 Å². The topological polar surface area (TPSA) is 47.7 Å². The highest BCUT2D eigenvalue weighted by Gasteiger charge is 2.14. The van der Waals surface area contributed by atoms with Crippen molar-refractivity contribution in [1.29, 1.82) is 0 Å². The number of nitrogens with one attached hydrogen (secondary N) is 1. The first-order valence-corrected chi connectivity index (χ1v) is 9.25. The van der Waals surface area contributed by atoms with Gasteiger partial charge in [-0.15, -0.1) is 0 Å². The first-order chi connectivity index (χ1) is 13.6. The number of hydrogen-bond acceptors (Lipinski definition) is 3. The molecule has 7 heteroatoms. The van der Waals surface area contributed by atoms with Gasteiger partial charge in [0.05, 0.1) is 22.6 Å². The van der Waals surface area contributed by atoms with Crippen LogP contribution in [0.15, 0.2) is 67.1 Å². The molecule has 5 nitrogen and oxygen atoms in total. The van der Waals surface area contributed by atoms with Crippen LogP contribution in [0.1, 0.15) is 11.1 Å². The molecule has 28 heavy (non-hydrogen) atoms. The summed E-state index contributed by atoms with van der Waals surface area (Å²) >= 11 is 6.41. The van der Waals surface area contributed by atoms with Crippen molar-refractivity contribution in [3.8, 4) is 16.9 Å². The molecule has 0 atom stereocenters. The fourth-order valence-corrected chi connectivity index (χ4v) is 3.28. The van der Waals surface area contributed by atoms with E-state index in [1.54, 1.807) is 21.5 Å². The molecule has 0 aliphatic heterocycles. The lowest BCUT2D eigenvalue weighted by molar-refractivity contribution is 0.627. The predicted octanol–water partition coefficient (Wildman–Crippen LogP) is 4.36. The van der Waals surface area contributed by atoms with Crippen molar-refractivity contribution in [3.05, 3.63) is 89.1 Å². The van der Waals surface area contributed by atoms with Gasteiger partial charge in [-0.05, 0) is 30.3 Å². The summed E-state index contributed by atoms with van der Waals surface area (Å²) in [7, 11) is 1.89. The smallest absolute Gasteiger partial charge is 0.123 e. The van der Waals surface area contributed by atoms with Gasteiger partial charge in [0.1, 0.15) is 5.82 Å². The Kier molecular flexibility index (Phi) is 5.23. The van der Waals surface area contributed by atoms with E-state index in [4.69, 9.17) is 16.7 Å². The summed E-state index contributed by atoms with van der Waals surface area (Å²) < 4.78 is 16.8. The molecular weight excluding hydrogens is 377 g/mol. The van der Waals surface area contributed by atoms with Gasteiger partial charge >= 0.3 is 0 Å². The highest BCUT2D eigenvalue weighted by molar-refractivity contribution is 6.33. The second-order valence-corrected chi connectivity index (χ2v) is 6.94. The van der Waals surface area contributed by atoms with E-state index in [-0.39, 0.29) is 5.82 Å². The number of aryl methyl sites for hydroxylation is 1. The molecule has 2 aromatic heterocycles. The summed E-state index contributed by atoms with van der Waals surface area (Å²) in [5, 5.41) is 13.0. The maximum atomic E-state index is 13.3. The monoisotopic (exact) mass is 395 g/mol. The van der Waals surface area contributed by atoms with Crippen molar-refractivity contribution >= 4 is 11.6 Å². The molecule has 0 radical (unpaired) electrons. The zero-order valence-corrected chi connectivity index (χ0v) is 16.1. The summed E-state index contributed by atoms with van der Waals surface area (Å²) in [4.78, 5) is 0. The van der Waals surface area contributed by atoms with Gasteiger partial charge in [0.2, 0.25) is 0 Å². The normalized spacial score (nSPS) is 11.1. The number of benzene rings is 2. The van der Waals surface area contributed by atoms with E-state index in [9.17, 15) is 4.39 Å². The molecule has 0 fully saturated rings. The number of hydrogen-bond donors (Lipinski definition) is 1. The summed E-state index contributed by atoms with van der Waals surface area (Å²) in [6.45, 7) is 1.30. The Labute approximate surface area is 167 Å². The third-order valence-corrected chi connectivity index (χ3v) is 4.74. The average molecular weight is 396 g/mol. The van der Waals surface area contributed by atoms with Gasteiger partial charge in [-0.25, -0.2) is 9.07 Å². The van der Waals surface area contributed by atoms with Gasteiger partial charge in [0.25, 0.3) is 0 Å². The van der Waals surface area contributed by atoms with Crippen LogP contribution in [0.4, 0.5) is 4.39 Å². The Hall–Kier alpha value is -2.96. The molecule has 142 valence electrons. The highest BCUT2D eigenvalue weighted by Crippen LogP contribution is 2.30. The summed E-state index contributed by atoms with van der Waals surface area (Å²) in [5.41, 5.74) is 4.55. The van der Waals surface area contributed by atoms with Crippen LogP contribution in [0.5, 0.6) is 0 Å². The third kappa shape index (κ3) is 3.98. The van der Waals surface area contributed by atoms with Crippen LogP contribution < -0.4 is 5.32 Å². The molecule has 0 unspecified atom stereocenters. The van der Waals surface area contributed by atoms with Crippen LogP contribution in [-0.4, -0.2) is 19.6 Å². The third-order valence-electron chi connectivity index (χ3n) is 4.41. The van der Waals surface area contributed by atoms with Crippen LogP contribution in [0, 0.1) is 5.82 Å². The number of rotatable bonds is 6. The van der Waals surface area contributed by atoms with Crippen molar-refractivity contribution in [2.45, 2.75) is 13.1 Å². The maximum Gasteiger partial charge on any atom is 0.123 e. The van der Waals surface area contributed by atoms with E-state index in [0.717, 1.165) is 28.1 Å². The van der Waals surface area contributed by atoms with Gasteiger partial charge in [-0.3, -0.25) is 4.68 Å². The lowest BCUT2D eigenvalue weighted by atomic mass is 10.1. The molecule has 0 aliphatic carbocycles. The molecule has 2 aromatic carbocycles. The van der Waals surface area contributed by atoms with E-state index in [1.807, 2.05) is 49.9 Å². The fourth-order valence-electron chi connectivity index (χ4n) is 3.05. The second-order valence-electron chi connectivity index (χ2n) is 6.53. The molecule has 0 aliphatic rings. The number of nitrogens with zero attached hydrogens (tertiary/aromatic N) is 4. The van der Waals surface area contributed by atoms with Crippen LogP contribution in [0.25, 0.3) is 16.9 Å². The van der Waals surface area contributed by atoms with Crippen molar-refractivity contribution in [2.75, 3.05) is 0 Å². The van der Waals surface area contributed by atoms with Gasteiger partial charge < -0.3 is 5.32 Å². The molecule has 0 saturated heterocycles. The number of aromatic nitrogens is 4. The maximum absolute atomic E-state index is 13.3. The van der Waals surface area contributed by atoms with Crippen molar-refractivity contribution in [3.63, 3.8) is 0 Å². The van der Waals surface area contributed by atoms with E-state index in [0.29, 0.717) is 18.1 Å². The minimum Gasteiger partial charge on any atom is -0.308 e. The van der Waals surface area contributed by atoms with E-state index >= 15 is 0 Å². The highest BCUT2D eigenvalue weighted by atomic mass is 35.5. The quantitative estimate of drug-likeness (QED) is 0.528. The Morgan fingerprint density at radius 3 is 2.54 bits per heavy atom. The zero-order valence-electron chi connectivity index (χ0n) is 15.3. The predicted molar refractivity (Wildman–Crippen MR) is 108 cm³/mol. The van der Waals surface area contributed by atoms with Crippen molar-refractivity contribution < 1.29 is 4.39 Å². The van der Waals surface area contributed by atoms with Gasteiger partial charge in [-0.1, -0.05) is 29.8 Å². The van der Waals surface area contributed by atoms with Gasteiger partial charge in [0, 0.05) is 49.2 Å². The van der Waals surface area contributed by atoms with Gasteiger partial charge in [-0.2, -0.15) is 10.2 Å². The zero-order chi connectivity index (χ0) is 19.5. The standard InChI is InChI=1S/C21H19ClFN5/c1-27-13-15(11-25-27)10-24-12-16-14-28(18-8-6-17(23)7-9-18)26-21(16)19-4-2-3-5-20(19)22/h2-9,11,13-14,24H,10,12H2,1H3. The molecule has 2 heterocycles. The Balaban J connectivity index is 1.64. The van der Waals surface area contributed by atoms with Crippen molar-refractivity contribution in [1.82, 2.24) is 24.9 Å². The first-order valence-electron chi connectivity index (χ1n) is 8.88. The number of halogens is 2. The summed E-state index contributed by atoms with van der Waals surface area (Å²) in [6.07, 6.45) is 5.76.